The molecule has 0 spiro atoms. The molecule has 0 unspecified atom stereocenters. The summed E-state index contributed by atoms with van der Waals surface area (Å²) in [5, 5.41) is 0. The van der Waals surface area contributed by atoms with Gasteiger partial charge in [0.15, 0.2) is 0 Å². The third-order valence-corrected chi connectivity index (χ3v) is 0. The molecular formula is ClF3Zr. The van der Waals surface area contributed by atoms with Crippen LogP contribution < -0.4 is 26.5 Å². The first-order valence-electron chi connectivity index (χ1n) is 0. The van der Waals surface area contributed by atoms with Gasteiger partial charge in [0, 0.05) is 0 Å². The summed E-state index contributed by atoms with van der Waals surface area (Å²) >= 11 is 0. The summed E-state index contributed by atoms with van der Waals surface area (Å²) < 4.78 is 0. The van der Waals surface area contributed by atoms with Crippen molar-refractivity contribution in [2.45, 2.75) is 0 Å². The van der Waals surface area contributed by atoms with E-state index in [1.807, 2.05) is 0 Å². The van der Waals surface area contributed by atoms with Crippen molar-refractivity contribution in [1.29, 1.82) is 0 Å². The zero-order valence-corrected chi connectivity index (χ0v) is 5.23. The van der Waals surface area contributed by atoms with Gasteiger partial charge in [-0.2, -0.15) is 0 Å². The summed E-state index contributed by atoms with van der Waals surface area (Å²) in [6, 6.07) is 0. The van der Waals surface area contributed by atoms with Gasteiger partial charge in [-0.25, -0.2) is 0 Å². The fourth-order valence-electron chi connectivity index (χ4n) is 0. The summed E-state index contributed by atoms with van der Waals surface area (Å²) in [7, 11) is 0. The molecule has 0 aliphatic rings. The van der Waals surface area contributed by atoms with E-state index >= 15 is 0 Å². The van der Waals surface area contributed by atoms with Gasteiger partial charge in [0.2, 0.25) is 0 Å². The van der Waals surface area contributed by atoms with E-state index in [-0.39, 0.29) is 52.7 Å². The Balaban J connectivity index is 0. The van der Waals surface area contributed by atoms with Gasteiger partial charge in [0.1, 0.15) is 0 Å². The second-order valence-corrected chi connectivity index (χ2v) is 0. The monoisotopic (exact) mass is 182 g/mol. The molecule has 0 aromatic rings. The molecule has 32 valence electrons. The Kier molecular flexibility index (Phi) is 2660. The maximum Gasteiger partial charge on any atom is 4.00 e. The zero-order valence-electron chi connectivity index (χ0n) is 2.01. The maximum absolute atomic E-state index is 0. The Labute approximate surface area is 53.0 Å². The minimum Gasteiger partial charge on any atom is -1.00 e. The molecule has 0 amide bonds. The molecule has 5 heavy (non-hydrogen) atoms. The average Bonchev–Trinajstić information content (AvgIpc) is 0. The van der Waals surface area contributed by atoms with Crippen molar-refractivity contribution in [1.82, 2.24) is 0 Å². The van der Waals surface area contributed by atoms with Crippen molar-refractivity contribution in [2.24, 2.45) is 0 Å². The molecule has 0 bridgehead atoms. The molecule has 0 rings (SSSR count). The number of hydrogen-bond donors (Lipinski definition) is 0. The standard InChI is InChI=1S/ClH.3FH.Zr/h4*1H;/q;;;;+4/p-4. The Morgan fingerprint density at radius 2 is 0.600 bits per heavy atom. The maximum atomic E-state index is 0. The van der Waals surface area contributed by atoms with Gasteiger partial charge >= 0.3 is 26.2 Å². The molecule has 0 aromatic heterocycles. The molecule has 0 saturated carbocycles. The molecule has 0 heterocycles. The Morgan fingerprint density at radius 1 is 0.600 bits per heavy atom. The predicted octanol–water partition coefficient (Wildman–Crippen LogP) is -12.0. The van der Waals surface area contributed by atoms with E-state index in [1.54, 1.807) is 0 Å². The summed E-state index contributed by atoms with van der Waals surface area (Å²) in [4.78, 5) is 0. The minimum absolute atomic E-state index is 0. The summed E-state index contributed by atoms with van der Waals surface area (Å²) in [5.41, 5.74) is 0. The van der Waals surface area contributed by atoms with Crippen LogP contribution in [-0.4, -0.2) is 0 Å². The molecule has 0 atom stereocenters. The summed E-state index contributed by atoms with van der Waals surface area (Å²) in [5.74, 6) is 0. The third kappa shape index (κ3) is 47.0. The van der Waals surface area contributed by atoms with Crippen LogP contribution in [0.3, 0.4) is 0 Å². The van der Waals surface area contributed by atoms with Crippen LogP contribution in [0.4, 0.5) is 0 Å². The van der Waals surface area contributed by atoms with Crippen molar-refractivity contribution in [3.8, 4) is 0 Å². The van der Waals surface area contributed by atoms with E-state index in [9.17, 15) is 0 Å². The number of hydrogen-bond acceptors (Lipinski definition) is 0. The smallest absolute Gasteiger partial charge is 1.00 e. The molecule has 0 N–H and O–H groups in total. The first-order chi connectivity index (χ1) is 0. The first-order valence-corrected chi connectivity index (χ1v) is 0. The molecule has 5 heteroatoms. The fourth-order valence-corrected chi connectivity index (χ4v) is 0. The van der Waals surface area contributed by atoms with Crippen LogP contribution in [-0.2, 0) is 26.2 Å². The van der Waals surface area contributed by atoms with Crippen LogP contribution in [0.5, 0.6) is 0 Å². The van der Waals surface area contributed by atoms with Crippen molar-refractivity contribution < 1.29 is 52.7 Å². The molecule has 0 aliphatic heterocycles. The third-order valence-electron chi connectivity index (χ3n) is 0. The Morgan fingerprint density at radius 3 is 0.600 bits per heavy atom. The fraction of sp³-hybridized carbons (Fsp3) is 0. The van der Waals surface area contributed by atoms with Crippen LogP contribution in [0.15, 0.2) is 0 Å². The van der Waals surface area contributed by atoms with Gasteiger partial charge in [-0.1, -0.05) is 0 Å². The molecule has 0 nitrogen and oxygen atoms in total. The van der Waals surface area contributed by atoms with Crippen molar-refractivity contribution >= 4 is 0 Å². The van der Waals surface area contributed by atoms with E-state index in [0.717, 1.165) is 0 Å². The van der Waals surface area contributed by atoms with Crippen LogP contribution in [0, 0.1) is 0 Å². The van der Waals surface area contributed by atoms with Crippen LogP contribution in [0.2, 0.25) is 0 Å². The summed E-state index contributed by atoms with van der Waals surface area (Å²) in [6.07, 6.45) is 0. The van der Waals surface area contributed by atoms with Gasteiger partial charge in [-0.15, -0.1) is 0 Å². The van der Waals surface area contributed by atoms with Crippen LogP contribution >= 0.6 is 0 Å². The van der Waals surface area contributed by atoms with E-state index < -0.39 is 0 Å². The number of halogens is 4. The molecular weight excluding hydrogens is 184 g/mol. The normalized spacial score (nSPS) is 0. The predicted molar refractivity (Wildman–Crippen MR) is 0 cm³/mol. The van der Waals surface area contributed by atoms with Crippen molar-refractivity contribution in [2.75, 3.05) is 0 Å². The molecule has 0 aliphatic carbocycles. The Hall–Kier alpha value is 0.963. The van der Waals surface area contributed by atoms with E-state index in [4.69, 9.17) is 0 Å². The molecule has 0 radical (unpaired) electrons. The van der Waals surface area contributed by atoms with E-state index in [2.05, 4.69) is 0 Å². The largest absolute Gasteiger partial charge is 4.00 e. The van der Waals surface area contributed by atoms with Crippen molar-refractivity contribution in [3.63, 3.8) is 0 Å². The summed E-state index contributed by atoms with van der Waals surface area (Å²) in [6.45, 7) is 0. The van der Waals surface area contributed by atoms with Gasteiger partial charge in [0.25, 0.3) is 0 Å². The second kappa shape index (κ2) is 84.0. The van der Waals surface area contributed by atoms with Crippen LogP contribution in [0.25, 0.3) is 0 Å². The quantitative estimate of drug-likeness (QED) is 0.350. The SMILES string of the molecule is [Cl-].[F-].[F-].[F-].[Zr+4]. The van der Waals surface area contributed by atoms with Gasteiger partial charge in [-0.3, -0.25) is 0 Å². The van der Waals surface area contributed by atoms with Gasteiger partial charge in [-0.05, 0) is 0 Å². The average molecular weight is 184 g/mol. The molecule has 0 aromatic carbocycles. The topological polar surface area (TPSA) is 0 Å². The van der Waals surface area contributed by atoms with E-state index in [0.29, 0.717) is 0 Å². The molecule has 0 saturated heterocycles. The van der Waals surface area contributed by atoms with Crippen LogP contribution in [0.1, 0.15) is 0 Å². The zero-order chi connectivity index (χ0) is 0. The van der Waals surface area contributed by atoms with E-state index in [1.165, 1.54) is 0 Å². The van der Waals surface area contributed by atoms with Gasteiger partial charge in [0.05, 0.1) is 0 Å². The first kappa shape index (κ1) is 158. The second-order valence-electron chi connectivity index (χ2n) is 0. The van der Waals surface area contributed by atoms with Gasteiger partial charge < -0.3 is 26.5 Å². The van der Waals surface area contributed by atoms with Crippen molar-refractivity contribution in [3.05, 3.63) is 0 Å². The number of rotatable bonds is 0. The minimum atomic E-state index is 0. The molecule has 0 fully saturated rings. The Bertz CT molecular complexity index is 6.85.